The normalized spacial score (nSPS) is 11.1. The molecule has 6 heteroatoms. The number of furan rings is 1. The van der Waals surface area contributed by atoms with Gasteiger partial charge in [-0.15, -0.1) is 11.3 Å². The van der Waals surface area contributed by atoms with E-state index in [-0.39, 0.29) is 5.91 Å². The fourth-order valence-corrected chi connectivity index (χ4v) is 3.37. The van der Waals surface area contributed by atoms with Gasteiger partial charge in [-0.1, -0.05) is 24.3 Å². The largest absolute Gasteiger partial charge is 0.467 e. The van der Waals surface area contributed by atoms with Crippen molar-refractivity contribution in [2.45, 2.75) is 6.54 Å². The van der Waals surface area contributed by atoms with Crippen LogP contribution in [0, 0.1) is 0 Å². The second-order valence-electron chi connectivity index (χ2n) is 5.82. The molecule has 0 spiro atoms. The number of hydrogen-bond acceptors (Lipinski definition) is 4. The first-order chi connectivity index (χ1) is 13.3. The fraction of sp³-hybridized carbons (Fsp3) is 0.0476. The van der Waals surface area contributed by atoms with Crippen LogP contribution in [0.3, 0.4) is 0 Å². The molecule has 0 radical (unpaired) electrons. The van der Waals surface area contributed by atoms with Crippen molar-refractivity contribution in [3.63, 3.8) is 0 Å². The van der Waals surface area contributed by atoms with Crippen LogP contribution in [0.1, 0.15) is 11.3 Å². The number of rotatable bonds is 6. The summed E-state index contributed by atoms with van der Waals surface area (Å²) in [6.45, 7) is 0.358. The van der Waals surface area contributed by atoms with E-state index in [2.05, 4.69) is 5.32 Å². The van der Waals surface area contributed by atoms with Crippen LogP contribution in [0.25, 0.3) is 22.3 Å². The van der Waals surface area contributed by atoms with Crippen LogP contribution in [-0.2, 0) is 11.3 Å². The highest BCUT2D eigenvalue weighted by Gasteiger charge is 2.11. The Morgan fingerprint density at radius 2 is 2.04 bits per heavy atom. The number of carbonyl (C=O) groups excluding carboxylic acids is 1. The highest BCUT2D eigenvalue weighted by atomic mass is 32.1. The molecule has 0 saturated carbocycles. The predicted molar refractivity (Wildman–Crippen MR) is 106 cm³/mol. The summed E-state index contributed by atoms with van der Waals surface area (Å²) in [5.41, 5.74) is 2.70. The lowest BCUT2D eigenvalue weighted by Crippen LogP contribution is -2.19. The first-order valence-corrected chi connectivity index (χ1v) is 9.35. The Morgan fingerprint density at radius 1 is 1.15 bits per heavy atom. The molecule has 0 fully saturated rings. The van der Waals surface area contributed by atoms with E-state index in [0.717, 1.165) is 21.8 Å². The molecule has 0 bridgehead atoms. The van der Waals surface area contributed by atoms with E-state index in [1.807, 2.05) is 64.8 Å². The third-order valence-corrected chi connectivity index (χ3v) is 4.83. The molecule has 3 heterocycles. The van der Waals surface area contributed by atoms with E-state index in [9.17, 15) is 4.79 Å². The lowest BCUT2D eigenvalue weighted by molar-refractivity contribution is -0.116. The van der Waals surface area contributed by atoms with Crippen LogP contribution in [0.2, 0.25) is 0 Å². The average molecular weight is 375 g/mol. The first kappa shape index (κ1) is 17.1. The van der Waals surface area contributed by atoms with Crippen molar-refractivity contribution in [1.29, 1.82) is 0 Å². The molecule has 1 aromatic carbocycles. The third kappa shape index (κ3) is 4.07. The van der Waals surface area contributed by atoms with E-state index in [0.29, 0.717) is 12.3 Å². The Labute approximate surface area is 160 Å². The molecule has 0 aliphatic heterocycles. The summed E-state index contributed by atoms with van der Waals surface area (Å²) in [5, 5.41) is 9.53. The Morgan fingerprint density at radius 3 is 2.78 bits per heavy atom. The second kappa shape index (κ2) is 7.88. The van der Waals surface area contributed by atoms with E-state index < -0.39 is 0 Å². The van der Waals surface area contributed by atoms with E-state index in [1.54, 1.807) is 29.7 Å². The van der Waals surface area contributed by atoms with Gasteiger partial charge in [0.05, 0.1) is 23.4 Å². The molecule has 134 valence electrons. The Kier molecular flexibility index (Phi) is 4.98. The first-order valence-electron chi connectivity index (χ1n) is 8.47. The zero-order chi connectivity index (χ0) is 18.5. The van der Waals surface area contributed by atoms with Crippen molar-refractivity contribution in [3.05, 3.63) is 89.8 Å². The van der Waals surface area contributed by atoms with Crippen LogP contribution in [0.5, 0.6) is 0 Å². The van der Waals surface area contributed by atoms with Gasteiger partial charge >= 0.3 is 0 Å². The van der Waals surface area contributed by atoms with E-state index >= 15 is 0 Å². The van der Waals surface area contributed by atoms with Crippen LogP contribution >= 0.6 is 11.3 Å². The minimum absolute atomic E-state index is 0.184. The molecule has 1 N–H and O–H groups in total. The fourth-order valence-electron chi connectivity index (χ4n) is 2.64. The number of carbonyl (C=O) groups is 1. The highest BCUT2D eigenvalue weighted by molar-refractivity contribution is 7.13. The monoisotopic (exact) mass is 375 g/mol. The molecule has 27 heavy (non-hydrogen) atoms. The number of hydrogen-bond donors (Lipinski definition) is 1. The Bertz CT molecular complexity index is 1030. The molecular weight excluding hydrogens is 358 g/mol. The minimum atomic E-state index is -0.184. The molecule has 5 nitrogen and oxygen atoms in total. The van der Waals surface area contributed by atoms with Crippen LogP contribution < -0.4 is 5.32 Å². The van der Waals surface area contributed by atoms with Gasteiger partial charge in [0.2, 0.25) is 5.91 Å². The SMILES string of the molecule is O=C(C=Cc1cn(-c2ccccc2)nc1-c1cccs1)NCc1ccco1. The lowest BCUT2D eigenvalue weighted by Gasteiger charge is -1.99. The smallest absolute Gasteiger partial charge is 0.244 e. The number of para-hydroxylation sites is 1. The molecule has 0 aliphatic carbocycles. The van der Waals surface area contributed by atoms with Gasteiger partial charge in [0.25, 0.3) is 0 Å². The van der Waals surface area contributed by atoms with Crippen molar-refractivity contribution in [2.75, 3.05) is 0 Å². The number of thiophene rings is 1. The summed E-state index contributed by atoms with van der Waals surface area (Å²) in [4.78, 5) is 13.2. The van der Waals surface area contributed by atoms with Crippen LogP contribution in [0.4, 0.5) is 0 Å². The molecule has 0 aliphatic rings. The summed E-state index contributed by atoms with van der Waals surface area (Å²) in [6, 6.07) is 17.5. The minimum Gasteiger partial charge on any atom is -0.467 e. The van der Waals surface area contributed by atoms with Gasteiger partial charge in [-0.05, 0) is 41.8 Å². The van der Waals surface area contributed by atoms with E-state index in [4.69, 9.17) is 9.52 Å². The Balaban J connectivity index is 1.57. The van der Waals surface area contributed by atoms with Crippen LogP contribution in [0.15, 0.2) is 82.9 Å². The Hall–Kier alpha value is -3.38. The summed E-state index contributed by atoms with van der Waals surface area (Å²) in [7, 11) is 0. The van der Waals surface area contributed by atoms with Gasteiger partial charge in [0, 0.05) is 17.8 Å². The number of amides is 1. The molecule has 4 rings (SSSR count). The molecule has 4 aromatic rings. The zero-order valence-electron chi connectivity index (χ0n) is 14.4. The zero-order valence-corrected chi connectivity index (χ0v) is 15.2. The maximum Gasteiger partial charge on any atom is 0.244 e. The molecular formula is C21H17N3O2S. The van der Waals surface area contributed by atoms with Gasteiger partial charge in [-0.3, -0.25) is 4.79 Å². The number of nitrogens with one attached hydrogen (secondary N) is 1. The van der Waals surface area contributed by atoms with Gasteiger partial charge in [-0.25, -0.2) is 4.68 Å². The standard InChI is InChI=1S/C21H17N3O2S/c25-20(22-14-18-8-4-12-26-18)11-10-16-15-24(17-6-2-1-3-7-17)23-21(16)19-9-5-13-27-19/h1-13,15H,14H2,(H,22,25). The third-order valence-electron chi connectivity index (χ3n) is 3.95. The van der Waals surface area contributed by atoms with Crippen molar-refractivity contribution < 1.29 is 9.21 Å². The van der Waals surface area contributed by atoms with Crippen molar-refractivity contribution >= 4 is 23.3 Å². The van der Waals surface area contributed by atoms with Crippen LogP contribution in [-0.4, -0.2) is 15.7 Å². The summed E-state index contributed by atoms with van der Waals surface area (Å²) < 4.78 is 7.05. The average Bonchev–Trinajstić information content (AvgIpc) is 3.47. The lowest BCUT2D eigenvalue weighted by atomic mass is 10.2. The molecule has 0 unspecified atom stereocenters. The highest BCUT2D eigenvalue weighted by Crippen LogP contribution is 2.28. The number of benzene rings is 1. The molecule has 3 aromatic heterocycles. The summed E-state index contributed by atoms with van der Waals surface area (Å²) in [5.74, 6) is 0.531. The van der Waals surface area contributed by atoms with Crippen molar-refractivity contribution in [2.24, 2.45) is 0 Å². The van der Waals surface area contributed by atoms with Gasteiger partial charge in [0.1, 0.15) is 11.5 Å². The second-order valence-corrected chi connectivity index (χ2v) is 6.77. The van der Waals surface area contributed by atoms with Gasteiger partial charge < -0.3 is 9.73 Å². The quantitative estimate of drug-likeness (QED) is 0.504. The summed E-state index contributed by atoms with van der Waals surface area (Å²) >= 11 is 1.62. The van der Waals surface area contributed by atoms with E-state index in [1.165, 1.54) is 6.08 Å². The molecule has 1 amide bonds. The van der Waals surface area contributed by atoms with Gasteiger partial charge in [-0.2, -0.15) is 5.10 Å². The maximum atomic E-state index is 12.1. The predicted octanol–water partition coefficient (Wildman–Crippen LogP) is 4.52. The van der Waals surface area contributed by atoms with Crippen molar-refractivity contribution in [3.8, 4) is 16.3 Å². The summed E-state index contributed by atoms with van der Waals surface area (Å²) in [6.07, 6.45) is 6.83. The number of aromatic nitrogens is 2. The van der Waals surface area contributed by atoms with Crippen molar-refractivity contribution in [1.82, 2.24) is 15.1 Å². The topological polar surface area (TPSA) is 60.1 Å². The molecule has 0 atom stereocenters. The molecule has 0 saturated heterocycles. The number of nitrogens with zero attached hydrogens (tertiary/aromatic N) is 2. The van der Waals surface area contributed by atoms with Gasteiger partial charge in [0.15, 0.2) is 0 Å². The maximum absolute atomic E-state index is 12.1.